The largest absolute Gasteiger partial charge is 0.336 e. The number of halogens is 2. The molecule has 0 aliphatic carbocycles. The SMILES string of the molecule is Fc1ccc(-c2nccc3[nH]c(-c4n[nH]c5ccc(-c6cncc(CN7CCCC7)c6)c(F)c45)nc23)cc1. The van der Waals surface area contributed by atoms with Crippen LogP contribution in [-0.2, 0) is 6.54 Å². The third-order valence-corrected chi connectivity index (χ3v) is 7.12. The van der Waals surface area contributed by atoms with Crippen LogP contribution >= 0.6 is 0 Å². The smallest absolute Gasteiger partial charge is 0.159 e. The summed E-state index contributed by atoms with van der Waals surface area (Å²) in [5.74, 6) is -0.294. The second-order valence-electron chi connectivity index (χ2n) is 9.64. The van der Waals surface area contributed by atoms with E-state index in [1.54, 1.807) is 36.7 Å². The molecule has 1 fully saturated rings. The summed E-state index contributed by atoms with van der Waals surface area (Å²) >= 11 is 0. The molecule has 2 aromatic carbocycles. The first kappa shape index (κ1) is 22.7. The van der Waals surface area contributed by atoms with Crippen LogP contribution in [0.5, 0.6) is 0 Å². The minimum absolute atomic E-state index is 0.324. The average molecular weight is 508 g/mol. The van der Waals surface area contributed by atoms with Crippen LogP contribution in [0.1, 0.15) is 18.4 Å². The zero-order valence-electron chi connectivity index (χ0n) is 20.4. The number of nitrogens with one attached hydrogen (secondary N) is 2. The van der Waals surface area contributed by atoms with E-state index in [0.29, 0.717) is 39.2 Å². The number of pyridine rings is 2. The molecule has 9 heteroatoms. The fourth-order valence-corrected chi connectivity index (χ4v) is 5.25. The van der Waals surface area contributed by atoms with Crippen LogP contribution in [0.4, 0.5) is 8.78 Å². The van der Waals surface area contributed by atoms with Crippen LogP contribution in [-0.4, -0.2) is 48.1 Å². The number of hydrogen-bond acceptors (Lipinski definition) is 5. The van der Waals surface area contributed by atoms with E-state index >= 15 is 4.39 Å². The monoisotopic (exact) mass is 507 g/mol. The quantitative estimate of drug-likeness (QED) is 0.294. The number of fused-ring (bicyclic) bond motifs is 2. The predicted octanol–water partition coefficient (Wildman–Crippen LogP) is 6.10. The topological polar surface area (TPSA) is 86.4 Å². The van der Waals surface area contributed by atoms with Gasteiger partial charge in [-0.2, -0.15) is 5.10 Å². The van der Waals surface area contributed by atoms with Crippen molar-refractivity contribution < 1.29 is 8.78 Å². The van der Waals surface area contributed by atoms with Gasteiger partial charge in [-0.25, -0.2) is 13.8 Å². The van der Waals surface area contributed by atoms with Crippen LogP contribution in [0.25, 0.3) is 55.8 Å². The van der Waals surface area contributed by atoms with Crippen LogP contribution < -0.4 is 0 Å². The average Bonchev–Trinajstić information content (AvgIpc) is 3.69. The van der Waals surface area contributed by atoms with Crippen LogP contribution in [0, 0.1) is 11.6 Å². The molecular weight excluding hydrogens is 484 g/mol. The van der Waals surface area contributed by atoms with Crippen molar-refractivity contribution >= 4 is 21.9 Å². The lowest BCUT2D eigenvalue weighted by Gasteiger charge is -2.15. The second-order valence-corrected chi connectivity index (χ2v) is 9.64. The highest BCUT2D eigenvalue weighted by Gasteiger charge is 2.21. The van der Waals surface area contributed by atoms with Crippen molar-refractivity contribution in [2.24, 2.45) is 0 Å². The Morgan fingerprint density at radius 2 is 1.71 bits per heavy atom. The Bertz CT molecular complexity index is 1780. The molecule has 6 aromatic rings. The van der Waals surface area contributed by atoms with E-state index in [1.165, 1.54) is 25.0 Å². The molecule has 1 aliphatic heterocycles. The molecule has 188 valence electrons. The van der Waals surface area contributed by atoms with Crippen LogP contribution in [0.15, 0.2) is 67.1 Å². The molecule has 0 spiro atoms. The van der Waals surface area contributed by atoms with Gasteiger partial charge >= 0.3 is 0 Å². The highest BCUT2D eigenvalue weighted by atomic mass is 19.1. The van der Waals surface area contributed by atoms with Crippen LogP contribution in [0.2, 0.25) is 0 Å². The molecule has 7 rings (SSSR count). The van der Waals surface area contributed by atoms with Gasteiger partial charge in [-0.1, -0.05) is 0 Å². The van der Waals surface area contributed by atoms with E-state index in [1.807, 2.05) is 18.3 Å². The summed E-state index contributed by atoms with van der Waals surface area (Å²) in [7, 11) is 0. The lowest BCUT2D eigenvalue weighted by molar-refractivity contribution is 0.331. The molecule has 0 radical (unpaired) electrons. The van der Waals surface area contributed by atoms with Crippen molar-refractivity contribution in [3.8, 4) is 33.9 Å². The molecule has 0 saturated carbocycles. The number of benzene rings is 2. The summed E-state index contributed by atoms with van der Waals surface area (Å²) in [6, 6.07) is 13.5. The van der Waals surface area contributed by atoms with Gasteiger partial charge in [0.25, 0.3) is 0 Å². The van der Waals surface area contributed by atoms with E-state index in [0.717, 1.165) is 41.8 Å². The van der Waals surface area contributed by atoms with Crippen molar-refractivity contribution in [1.29, 1.82) is 0 Å². The van der Waals surface area contributed by atoms with Gasteiger partial charge < -0.3 is 4.98 Å². The molecule has 7 nitrogen and oxygen atoms in total. The normalized spacial score (nSPS) is 14.2. The third kappa shape index (κ3) is 3.92. The maximum atomic E-state index is 16.1. The lowest BCUT2D eigenvalue weighted by atomic mass is 10.0. The summed E-state index contributed by atoms with van der Waals surface area (Å²) in [5.41, 5.74) is 5.85. The molecule has 0 amide bonds. The molecule has 0 unspecified atom stereocenters. The fraction of sp³-hybridized carbons (Fsp3) is 0.172. The lowest BCUT2D eigenvalue weighted by Crippen LogP contribution is -2.18. The number of aromatic amines is 2. The van der Waals surface area contributed by atoms with E-state index in [4.69, 9.17) is 4.98 Å². The Kier molecular flexibility index (Phi) is 5.44. The van der Waals surface area contributed by atoms with E-state index in [-0.39, 0.29) is 11.6 Å². The maximum absolute atomic E-state index is 16.1. The number of imidazole rings is 1. The molecule has 4 aromatic heterocycles. The van der Waals surface area contributed by atoms with Crippen LogP contribution in [0.3, 0.4) is 0 Å². The van der Waals surface area contributed by atoms with Gasteiger partial charge in [0.2, 0.25) is 0 Å². The highest BCUT2D eigenvalue weighted by Crippen LogP contribution is 2.35. The van der Waals surface area contributed by atoms with E-state index in [9.17, 15) is 4.39 Å². The first-order valence-electron chi connectivity index (χ1n) is 12.6. The van der Waals surface area contributed by atoms with Crippen molar-refractivity contribution in [1.82, 2.24) is 35.0 Å². The molecular formula is C29H23F2N7. The van der Waals surface area contributed by atoms with Crippen molar-refractivity contribution in [2.75, 3.05) is 13.1 Å². The molecule has 0 bridgehead atoms. The van der Waals surface area contributed by atoms with Gasteiger partial charge in [-0.3, -0.25) is 20.0 Å². The number of rotatable bonds is 5. The standard InChI is InChI=1S/C29H23F2N7/c30-20-5-3-18(4-6-20)26-27-23(9-10-33-26)34-29(35-27)28-24-22(36-37-28)8-7-21(25(24)31)19-13-17(14-32-15-19)16-38-11-1-2-12-38/h3-10,13-15H,1-2,11-12,16H2,(H,34,35)(H,36,37). The number of nitrogens with zero attached hydrogens (tertiary/aromatic N) is 5. The summed E-state index contributed by atoms with van der Waals surface area (Å²) in [6.45, 7) is 2.97. The zero-order chi connectivity index (χ0) is 25.6. The van der Waals surface area contributed by atoms with E-state index in [2.05, 4.69) is 30.0 Å². The molecule has 1 saturated heterocycles. The molecule has 0 atom stereocenters. The van der Waals surface area contributed by atoms with Gasteiger partial charge in [0.1, 0.15) is 22.8 Å². The van der Waals surface area contributed by atoms with Crippen molar-refractivity contribution in [3.05, 3.63) is 84.3 Å². The zero-order valence-corrected chi connectivity index (χ0v) is 20.4. The predicted molar refractivity (Wildman–Crippen MR) is 142 cm³/mol. The Morgan fingerprint density at radius 3 is 2.55 bits per heavy atom. The number of aromatic nitrogens is 6. The third-order valence-electron chi connectivity index (χ3n) is 7.12. The van der Waals surface area contributed by atoms with E-state index < -0.39 is 0 Å². The Balaban J connectivity index is 1.31. The van der Waals surface area contributed by atoms with Gasteiger partial charge in [0, 0.05) is 41.8 Å². The number of likely N-dealkylation sites (tertiary alicyclic amines) is 1. The summed E-state index contributed by atoms with van der Waals surface area (Å²) in [5, 5.41) is 7.69. The molecule has 5 heterocycles. The Hall–Kier alpha value is -4.50. The van der Waals surface area contributed by atoms with Gasteiger partial charge in [0.05, 0.1) is 22.1 Å². The number of H-pyrrole nitrogens is 2. The summed E-state index contributed by atoms with van der Waals surface area (Å²) in [4.78, 5) is 19.3. The number of hydrogen-bond donors (Lipinski definition) is 2. The molecule has 1 aliphatic rings. The summed E-state index contributed by atoms with van der Waals surface area (Å²) in [6.07, 6.45) is 7.63. The van der Waals surface area contributed by atoms with Gasteiger partial charge in [-0.15, -0.1) is 0 Å². The fourth-order valence-electron chi connectivity index (χ4n) is 5.25. The highest BCUT2D eigenvalue weighted by molar-refractivity contribution is 5.98. The first-order chi connectivity index (χ1) is 18.6. The van der Waals surface area contributed by atoms with Crippen molar-refractivity contribution in [3.63, 3.8) is 0 Å². The van der Waals surface area contributed by atoms with Gasteiger partial charge in [0.15, 0.2) is 5.82 Å². The Morgan fingerprint density at radius 1 is 0.868 bits per heavy atom. The molecule has 38 heavy (non-hydrogen) atoms. The van der Waals surface area contributed by atoms with Gasteiger partial charge in [-0.05, 0) is 80.0 Å². The minimum atomic E-state index is -0.385. The summed E-state index contributed by atoms with van der Waals surface area (Å²) < 4.78 is 29.6. The maximum Gasteiger partial charge on any atom is 0.159 e. The second kappa shape index (κ2) is 9.11. The first-order valence-corrected chi connectivity index (χ1v) is 12.6. The minimum Gasteiger partial charge on any atom is -0.336 e. The molecule has 2 N–H and O–H groups in total. The van der Waals surface area contributed by atoms with Crippen molar-refractivity contribution in [2.45, 2.75) is 19.4 Å². The Labute approximate surface area is 216 Å².